The SMILES string of the molecule is CCOC(=O)c1nnc(Oc2cnn(CC)c2)s1. The van der Waals surface area contributed by atoms with Crippen molar-refractivity contribution in [2.24, 2.45) is 0 Å². The average Bonchev–Trinajstić information content (AvgIpc) is 2.99. The van der Waals surface area contributed by atoms with E-state index in [2.05, 4.69) is 15.3 Å². The first-order valence-electron chi connectivity index (χ1n) is 5.43. The number of hydrogen-bond donors (Lipinski definition) is 0. The lowest BCUT2D eigenvalue weighted by Gasteiger charge is -1.95. The van der Waals surface area contributed by atoms with Crippen LogP contribution < -0.4 is 4.74 Å². The van der Waals surface area contributed by atoms with Crippen LogP contribution in [0.15, 0.2) is 12.4 Å². The molecule has 8 heteroatoms. The van der Waals surface area contributed by atoms with Crippen LogP contribution in [0.2, 0.25) is 0 Å². The highest BCUT2D eigenvalue weighted by atomic mass is 32.1. The zero-order valence-electron chi connectivity index (χ0n) is 9.99. The summed E-state index contributed by atoms with van der Waals surface area (Å²) in [5, 5.41) is 12.0. The Kier molecular flexibility index (Phi) is 3.88. The van der Waals surface area contributed by atoms with Gasteiger partial charge >= 0.3 is 5.97 Å². The molecule has 0 aliphatic rings. The Morgan fingerprint density at radius 1 is 1.44 bits per heavy atom. The second kappa shape index (κ2) is 5.58. The van der Waals surface area contributed by atoms with E-state index in [1.165, 1.54) is 0 Å². The first-order valence-corrected chi connectivity index (χ1v) is 6.25. The number of ether oxygens (including phenoxy) is 2. The standard InChI is InChI=1S/C10H12N4O3S/c1-3-14-6-7(5-11-14)17-10-13-12-8(18-10)9(15)16-4-2/h5-6H,3-4H2,1-2H3. The number of carbonyl (C=O) groups excluding carboxylic acids is 1. The lowest BCUT2D eigenvalue weighted by molar-refractivity contribution is 0.0525. The van der Waals surface area contributed by atoms with Gasteiger partial charge in [-0.1, -0.05) is 5.10 Å². The Balaban J connectivity index is 2.04. The Hall–Kier alpha value is -1.96. The molecule has 0 atom stereocenters. The minimum absolute atomic E-state index is 0.176. The molecule has 0 bridgehead atoms. The smallest absolute Gasteiger partial charge is 0.369 e. The molecule has 2 heterocycles. The van der Waals surface area contributed by atoms with Crippen LogP contribution in [0.3, 0.4) is 0 Å². The predicted octanol–water partition coefficient (Wildman–Crippen LogP) is 1.72. The fraction of sp³-hybridized carbons (Fsp3) is 0.400. The molecule has 2 aromatic rings. The van der Waals surface area contributed by atoms with Gasteiger partial charge in [-0.15, -0.1) is 5.10 Å². The molecular weight excluding hydrogens is 256 g/mol. The fourth-order valence-corrected chi connectivity index (χ4v) is 1.81. The highest BCUT2D eigenvalue weighted by molar-refractivity contribution is 7.14. The van der Waals surface area contributed by atoms with Crippen molar-refractivity contribution in [2.45, 2.75) is 20.4 Å². The van der Waals surface area contributed by atoms with Gasteiger partial charge in [-0.05, 0) is 25.2 Å². The van der Waals surface area contributed by atoms with Crippen LogP contribution in [0.25, 0.3) is 0 Å². The average molecular weight is 268 g/mol. The summed E-state index contributed by atoms with van der Waals surface area (Å²) in [5.41, 5.74) is 0. The third-order valence-corrected chi connectivity index (χ3v) is 2.78. The Bertz CT molecular complexity index is 537. The molecule has 2 rings (SSSR count). The Labute approximate surface area is 107 Å². The van der Waals surface area contributed by atoms with E-state index in [-0.39, 0.29) is 10.2 Å². The third kappa shape index (κ3) is 2.83. The molecule has 0 saturated carbocycles. The van der Waals surface area contributed by atoms with Crippen LogP contribution in [0, 0.1) is 0 Å². The van der Waals surface area contributed by atoms with Crippen molar-refractivity contribution < 1.29 is 14.3 Å². The zero-order chi connectivity index (χ0) is 13.0. The molecule has 0 fully saturated rings. The minimum Gasteiger partial charge on any atom is -0.461 e. The summed E-state index contributed by atoms with van der Waals surface area (Å²) in [5.74, 6) is 0.0671. The summed E-state index contributed by atoms with van der Waals surface area (Å²) >= 11 is 1.04. The molecule has 0 aliphatic carbocycles. The molecule has 18 heavy (non-hydrogen) atoms. The molecule has 0 aromatic carbocycles. The Morgan fingerprint density at radius 3 is 2.94 bits per heavy atom. The molecule has 0 amide bonds. The molecule has 96 valence electrons. The lowest BCUT2D eigenvalue weighted by atomic mass is 10.6. The Morgan fingerprint density at radius 2 is 2.28 bits per heavy atom. The van der Waals surface area contributed by atoms with Crippen molar-refractivity contribution in [1.29, 1.82) is 0 Å². The van der Waals surface area contributed by atoms with E-state index < -0.39 is 5.97 Å². The first kappa shape index (κ1) is 12.5. The highest BCUT2D eigenvalue weighted by Crippen LogP contribution is 2.24. The van der Waals surface area contributed by atoms with E-state index in [1.54, 1.807) is 24.0 Å². The first-order chi connectivity index (χ1) is 8.72. The number of aromatic nitrogens is 4. The topological polar surface area (TPSA) is 79.1 Å². The molecular formula is C10H12N4O3S. The van der Waals surface area contributed by atoms with E-state index >= 15 is 0 Å². The van der Waals surface area contributed by atoms with Gasteiger partial charge in [-0.2, -0.15) is 5.10 Å². The van der Waals surface area contributed by atoms with Gasteiger partial charge in [0.15, 0.2) is 5.75 Å². The monoisotopic (exact) mass is 268 g/mol. The van der Waals surface area contributed by atoms with Crippen molar-refractivity contribution >= 4 is 17.3 Å². The highest BCUT2D eigenvalue weighted by Gasteiger charge is 2.15. The van der Waals surface area contributed by atoms with Crippen LogP contribution in [0.5, 0.6) is 10.9 Å². The van der Waals surface area contributed by atoms with Gasteiger partial charge in [0.25, 0.3) is 5.19 Å². The molecule has 0 spiro atoms. The molecule has 2 aromatic heterocycles. The summed E-state index contributed by atoms with van der Waals surface area (Å²) < 4.78 is 12.0. The maximum absolute atomic E-state index is 11.4. The van der Waals surface area contributed by atoms with Crippen LogP contribution in [0.1, 0.15) is 23.6 Å². The van der Waals surface area contributed by atoms with Crippen LogP contribution in [-0.2, 0) is 11.3 Å². The number of aryl methyl sites for hydroxylation is 1. The number of carbonyl (C=O) groups is 1. The number of esters is 1. The van der Waals surface area contributed by atoms with Crippen molar-refractivity contribution in [3.8, 4) is 10.9 Å². The van der Waals surface area contributed by atoms with Crippen LogP contribution in [-0.4, -0.2) is 32.6 Å². The molecule has 7 nitrogen and oxygen atoms in total. The lowest BCUT2D eigenvalue weighted by Crippen LogP contribution is -2.03. The second-order valence-electron chi connectivity index (χ2n) is 3.23. The van der Waals surface area contributed by atoms with Crippen molar-refractivity contribution in [3.63, 3.8) is 0 Å². The maximum atomic E-state index is 11.4. The van der Waals surface area contributed by atoms with Gasteiger partial charge in [0.1, 0.15) is 0 Å². The molecule has 0 saturated heterocycles. The van der Waals surface area contributed by atoms with E-state index in [0.29, 0.717) is 12.4 Å². The minimum atomic E-state index is -0.492. The van der Waals surface area contributed by atoms with Crippen molar-refractivity contribution in [2.75, 3.05) is 6.61 Å². The van der Waals surface area contributed by atoms with Crippen molar-refractivity contribution in [3.05, 3.63) is 17.4 Å². The fourth-order valence-electron chi connectivity index (χ4n) is 1.20. The number of hydrogen-bond acceptors (Lipinski definition) is 7. The van der Waals surface area contributed by atoms with Crippen molar-refractivity contribution in [1.82, 2.24) is 20.0 Å². The van der Waals surface area contributed by atoms with E-state index in [4.69, 9.17) is 9.47 Å². The molecule has 0 unspecified atom stereocenters. The molecule has 0 radical (unpaired) electrons. The summed E-state index contributed by atoms with van der Waals surface area (Å²) in [6.07, 6.45) is 3.32. The zero-order valence-corrected chi connectivity index (χ0v) is 10.8. The summed E-state index contributed by atoms with van der Waals surface area (Å²) in [4.78, 5) is 11.4. The molecule has 0 N–H and O–H groups in total. The summed E-state index contributed by atoms with van der Waals surface area (Å²) in [7, 11) is 0. The van der Waals surface area contributed by atoms with Crippen LogP contribution in [0.4, 0.5) is 0 Å². The maximum Gasteiger partial charge on any atom is 0.369 e. The number of nitrogens with zero attached hydrogens (tertiary/aromatic N) is 4. The largest absolute Gasteiger partial charge is 0.461 e. The van der Waals surface area contributed by atoms with E-state index in [0.717, 1.165) is 17.9 Å². The van der Waals surface area contributed by atoms with Gasteiger partial charge < -0.3 is 9.47 Å². The third-order valence-electron chi connectivity index (χ3n) is 2.00. The van der Waals surface area contributed by atoms with Gasteiger partial charge in [-0.25, -0.2) is 4.79 Å². The van der Waals surface area contributed by atoms with Gasteiger partial charge in [0, 0.05) is 6.54 Å². The van der Waals surface area contributed by atoms with Gasteiger partial charge in [-0.3, -0.25) is 4.68 Å². The summed E-state index contributed by atoms with van der Waals surface area (Å²) in [6.45, 7) is 4.77. The van der Waals surface area contributed by atoms with E-state index in [9.17, 15) is 4.79 Å². The second-order valence-corrected chi connectivity index (χ2v) is 4.17. The van der Waals surface area contributed by atoms with E-state index in [1.807, 2.05) is 6.92 Å². The van der Waals surface area contributed by atoms with Gasteiger partial charge in [0.2, 0.25) is 5.01 Å². The molecule has 0 aliphatic heterocycles. The van der Waals surface area contributed by atoms with Gasteiger partial charge in [0.05, 0.1) is 19.0 Å². The van der Waals surface area contributed by atoms with Crippen LogP contribution >= 0.6 is 11.3 Å². The summed E-state index contributed by atoms with van der Waals surface area (Å²) in [6, 6.07) is 0. The normalized spacial score (nSPS) is 10.3. The number of rotatable bonds is 5. The quantitative estimate of drug-likeness (QED) is 0.768. The predicted molar refractivity (Wildman–Crippen MR) is 63.8 cm³/mol.